The van der Waals surface area contributed by atoms with E-state index in [1.54, 1.807) is 21.3 Å². The summed E-state index contributed by atoms with van der Waals surface area (Å²) in [5.41, 5.74) is 0. The van der Waals surface area contributed by atoms with Crippen molar-refractivity contribution in [2.45, 2.75) is 54.9 Å². The molecule has 8 nitrogen and oxygen atoms in total. The van der Waals surface area contributed by atoms with E-state index < -0.39 is 8.80 Å². The number of thioether (sulfide) groups is 2. The first-order valence-corrected chi connectivity index (χ1v) is 13.6. The van der Waals surface area contributed by atoms with Crippen LogP contribution < -0.4 is 10.6 Å². The van der Waals surface area contributed by atoms with Crippen LogP contribution in [-0.4, -0.2) is 76.4 Å². The van der Waals surface area contributed by atoms with Gasteiger partial charge in [-0.15, -0.1) is 0 Å². The average molecular weight is 465 g/mol. The molecule has 2 aliphatic heterocycles. The molecule has 0 aromatic heterocycles. The van der Waals surface area contributed by atoms with Gasteiger partial charge in [0, 0.05) is 40.5 Å². The molecule has 0 aliphatic carbocycles. The summed E-state index contributed by atoms with van der Waals surface area (Å²) in [4.78, 5) is 24.6. The number of amides is 2. The molecule has 4 unspecified atom stereocenters. The van der Waals surface area contributed by atoms with Crippen LogP contribution in [0.15, 0.2) is 12.2 Å². The Kier molecular flexibility index (Phi) is 10.5. The van der Waals surface area contributed by atoms with Gasteiger partial charge in [0.2, 0.25) is 0 Å². The number of rotatable bonds is 12. The third-order valence-corrected chi connectivity index (χ3v) is 10.3. The van der Waals surface area contributed by atoms with Crippen LogP contribution in [0.1, 0.15) is 26.2 Å². The maximum atomic E-state index is 12.4. The normalized spacial score (nSPS) is 25.4. The second kappa shape index (κ2) is 12.3. The highest BCUT2D eigenvalue weighted by Gasteiger charge is 2.48. The van der Waals surface area contributed by atoms with E-state index in [2.05, 4.69) is 17.6 Å². The molecule has 1 fully saturated rings. The first kappa shape index (κ1) is 24.7. The number of ether oxygens (including phenoxy) is 1. The molecule has 166 valence electrons. The predicted molar refractivity (Wildman–Crippen MR) is 118 cm³/mol. The molecule has 0 aromatic carbocycles. The van der Waals surface area contributed by atoms with E-state index in [1.807, 2.05) is 12.2 Å². The standard InChI is InChI=1S/C18H32N2O6S2Si/c1-5-6-10-19-17(21)27-15-13-8-9-14(26-13)16(15)28-18(22)20-11-7-12-29(23-2,24-3)25-4/h8-9,13-16H,5-7,10-12H2,1-4H3,(H,19,21)(H,20,22). The van der Waals surface area contributed by atoms with E-state index in [4.69, 9.17) is 18.0 Å². The summed E-state index contributed by atoms with van der Waals surface area (Å²) in [5, 5.41) is 5.51. The molecular weight excluding hydrogens is 432 g/mol. The largest absolute Gasteiger partial charge is 0.500 e. The average Bonchev–Trinajstić information content (AvgIpc) is 3.32. The number of nitrogens with one attached hydrogen (secondary N) is 2. The molecule has 0 spiro atoms. The van der Waals surface area contributed by atoms with Crippen LogP contribution in [0.3, 0.4) is 0 Å². The van der Waals surface area contributed by atoms with Crippen molar-refractivity contribution in [1.82, 2.24) is 10.6 Å². The summed E-state index contributed by atoms with van der Waals surface area (Å²) >= 11 is 2.45. The molecule has 0 saturated carbocycles. The van der Waals surface area contributed by atoms with Gasteiger partial charge in [0.15, 0.2) is 0 Å². The van der Waals surface area contributed by atoms with Crippen molar-refractivity contribution in [3.63, 3.8) is 0 Å². The van der Waals surface area contributed by atoms with Crippen LogP contribution in [-0.2, 0) is 18.0 Å². The fraction of sp³-hybridized carbons (Fsp3) is 0.778. The molecular formula is C18H32N2O6S2Si. The topological polar surface area (TPSA) is 95.1 Å². The van der Waals surface area contributed by atoms with Gasteiger partial charge in [-0.05, 0) is 12.8 Å². The van der Waals surface area contributed by atoms with Crippen LogP contribution in [0.25, 0.3) is 0 Å². The Labute approximate surface area is 182 Å². The smallest absolute Gasteiger partial charge is 0.377 e. The highest BCUT2D eigenvalue weighted by atomic mass is 32.2. The van der Waals surface area contributed by atoms with Gasteiger partial charge in [-0.3, -0.25) is 9.59 Å². The molecule has 2 rings (SSSR count). The number of carbonyl (C=O) groups is 2. The molecule has 29 heavy (non-hydrogen) atoms. The second-order valence-corrected chi connectivity index (χ2v) is 12.2. The summed E-state index contributed by atoms with van der Waals surface area (Å²) in [7, 11) is 2.11. The predicted octanol–water partition coefficient (Wildman–Crippen LogP) is 3.01. The minimum atomic E-state index is -2.61. The molecule has 11 heteroatoms. The SMILES string of the molecule is CCCCNC(=O)SC1C2C=CC(O2)C1SC(=O)NCCC[Si](OC)(OC)OC. The zero-order valence-electron chi connectivity index (χ0n) is 17.5. The quantitative estimate of drug-likeness (QED) is 0.259. The highest BCUT2D eigenvalue weighted by molar-refractivity contribution is 8.17. The van der Waals surface area contributed by atoms with Gasteiger partial charge in [0.05, 0.1) is 22.7 Å². The summed E-state index contributed by atoms with van der Waals surface area (Å²) < 4.78 is 22.0. The van der Waals surface area contributed by atoms with Gasteiger partial charge in [-0.2, -0.15) is 0 Å². The molecule has 2 N–H and O–H groups in total. The summed E-state index contributed by atoms with van der Waals surface area (Å²) in [6.45, 7) is 3.26. The molecule has 2 bridgehead atoms. The maximum absolute atomic E-state index is 12.4. The molecule has 0 radical (unpaired) electrons. The lowest BCUT2D eigenvalue weighted by molar-refractivity contribution is 0.123. The van der Waals surface area contributed by atoms with E-state index >= 15 is 0 Å². The van der Waals surface area contributed by atoms with Crippen molar-refractivity contribution >= 4 is 42.8 Å². The summed E-state index contributed by atoms with van der Waals surface area (Å²) in [5.74, 6) is 0. The fourth-order valence-corrected chi connectivity index (χ4v) is 7.33. The Hall–Kier alpha value is -0.563. The zero-order chi connectivity index (χ0) is 21.3. The van der Waals surface area contributed by atoms with Crippen molar-refractivity contribution < 1.29 is 27.6 Å². The van der Waals surface area contributed by atoms with E-state index in [0.29, 0.717) is 25.6 Å². The van der Waals surface area contributed by atoms with Crippen LogP contribution in [0.4, 0.5) is 9.59 Å². The van der Waals surface area contributed by atoms with E-state index in [1.165, 1.54) is 23.5 Å². The summed E-state index contributed by atoms with van der Waals surface area (Å²) in [6, 6.07) is 0.623. The van der Waals surface area contributed by atoms with Gasteiger partial charge >= 0.3 is 8.80 Å². The van der Waals surface area contributed by atoms with Crippen molar-refractivity contribution in [2.75, 3.05) is 34.4 Å². The molecule has 2 heterocycles. The Morgan fingerprint density at radius 1 is 0.931 bits per heavy atom. The molecule has 2 amide bonds. The maximum Gasteiger partial charge on any atom is 0.500 e. The van der Waals surface area contributed by atoms with Gasteiger partial charge < -0.3 is 28.6 Å². The van der Waals surface area contributed by atoms with E-state index in [9.17, 15) is 9.59 Å². The van der Waals surface area contributed by atoms with Crippen LogP contribution in [0.2, 0.25) is 6.04 Å². The Morgan fingerprint density at radius 3 is 1.86 bits per heavy atom. The first-order chi connectivity index (χ1) is 14.0. The first-order valence-electron chi connectivity index (χ1n) is 9.86. The lowest BCUT2D eigenvalue weighted by Gasteiger charge is -2.24. The van der Waals surface area contributed by atoms with E-state index in [-0.39, 0.29) is 33.2 Å². The lowest BCUT2D eigenvalue weighted by atomic mass is 10.1. The molecule has 1 saturated heterocycles. The monoisotopic (exact) mass is 464 g/mol. The molecule has 0 aromatic rings. The Balaban J connectivity index is 1.77. The second-order valence-electron chi connectivity index (χ2n) is 6.80. The van der Waals surface area contributed by atoms with Gasteiger partial charge in [-0.25, -0.2) is 0 Å². The van der Waals surface area contributed by atoms with E-state index in [0.717, 1.165) is 12.8 Å². The lowest BCUT2D eigenvalue weighted by Crippen LogP contribution is -2.43. The van der Waals surface area contributed by atoms with Crippen molar-refractivity contribution in [3.05, 3.63) is 12.2 Å². The van der Waals surface area contributed by atoms with Crippen LogP contribution >= 0.6 is 23.5 Å². The summed E-state index contributed by atoms with van der Waals surface area (Å²) in [6.07, 6.45) is 6.40. The molecule has 4 atom stereocenters. The third kappa shape index (κ3) is 6.98. The number of fused-ring (bicyclic) bond motifs is 2. The number of hydrogen-bond donors (Lipinski definition) is 2. The van der Waals surface area contributed by atoms with Crippen molar-refractivity contribution in [3.8, 4) is 0 Å². The van der Waals surface area contributed by atoms with Crippen LogP contribution in [0, 0.1) is 0 Å². The minimum Gasteiger partial charge on any atom is -0.377 e. The van der Waals surface area contributed by atoms with Gasteiger partial charge in [-0.1, -0.05) is 49.0 Å². The Bertz CT molecular complexity index is 570. The third-order valence-electron chi connectivity index (χ3n) is 4.92. The Morgan fingerprint density at radius 2 is 1.41 bits per heavy atom. The zero-order valence-corrected chi connectivity index (χ0v) is 20.1. The fourth-order valence-electron chi connectivity index (χ4n) is 3.26. The van der Waals surface area contributed by atoms with Gasteiger partial charge in [0.25, 0.3) is 10.5 Å². The van der Waals surface area contributed by atoms with Crippen LogP contribution in [0.5, 0.6) is 0 Å². The highest BCUT2D eigenvalue weighted by Crippen LogP contribution is 2.43. The number of carbonyl (C=O) groups excluding carboxylic acids is 2. The van der Waals surface area contributed by atoms with Gasteiger partial charge in [0.1, 0.15) is 0 Å². The molecule has 2 aliphatic rings. The minimum absolute atomic E-state index is 0.0565. The van der Waals surface area contributed by atoms with Crippen molar-refractivity contribution in [2.24, 2.45) is 0 Å². The van der Waals surface area contributed by atoms with Crippen molar-refractivity contribution in [1.29, 1.82) is 0 Å². The number of hydrogen-bond acceptors (Lipinski definition) is 8. The number of unbranched alkanes of at least 4 members (excludes halogenated alkanes) is 1.